The summed E-state index contributed by atoms with van der Waals surface area (Å²) in [5.74, 6) is 0.850. The summed E-state index contributed by atoms with van der Waals surface area (Å²) in [4.78, 5) is 27.4. The first-order chi connectivity index (χ1) is 8.09. The van der Waals surface area contributed by atoms with Crippen LogP contribution in [0.3, 0.4) is 0 Å². The van der Waals surface area contributed by atoms with Crippen LogP contribution in [0, 0.1) is 0 Å². The standard InChI is InChI=1S/C11H14N4O2/c1-13-8-5-12-9(13)3-7-15-10(16)4-6-14(2)11(15)17/h4-6,8H,3,7H2,1-2H3. The number of nitrogens with zero attached hydrogens (tertiary/aromatic N) is 4. The van der Waals surface area contributed by atoms with E-state index in [4.69, 9.17) is 0 Å². The van der Waals surface area contributed by atoms with Crippen molar-refractivity contribution in [1.29, 1.82) is 0 Å². The smallest absolute Gasteiger partial charge is 0.330 e. The fourth-order valence-electron chi connectivity index (χ4n) is 1.67. The molecule has 6 heteroatoms. The summed E-state index contributed by atoms with van der Waals surface area (Å²) in [6, 6.07) is 1.39. The quantitative estimate of drug-likeness (QED) is 0.721. The molecule has 17 heavy (non-hydrogen) atoms. The molecule has 0 aromatic carbocycles. The average molecular weight is 234 g/mol. The van der Waals surface area contributed by atoms with E-state index in [9.17, 15) is 9.59 Å². The van der Waals surface area contributed by atoms with Gasteiger partial charge in [0.15, 0.2) is 0 Å². The van der Waals surface area contributed by atoms with Crippen LogP contribution in [0.15, 0.2) is 34.2 Å². The number of hydrogen-bond acceptors (Lipinski definition) is 3. The molecule has 0 aliphatic carbocycles. The highest BCUT2D eigenvalue weighted by molar-refractivity contribution is 4.92. The Kier molecular flexibility index (Phi) is 2.95. The van der Waals surface area contributed by atoms with Crippen LogP contribution >= 0.6 is 0 Å². The summed E-state index contributed by atoms with van der Waals surface area (Å²) in [7, 11) is 3.51. The van der Waals surface area contributed by atoms with E-state index in [-0.39, 0.29) is 11.2 Å². The summed E-state index contributed by atoms with van der Waals surface area (Å²) < 4.78 is 4.48. The first-order valence-corrected chi connectivity index (χ1v) is 5.32. The van der Waals surface area contributed by atoms with E-state index < -0.39 is 0 Å². The van der Waals surface area contributed by atoms with E-state index in [1.807, 2.05) is 17.8 Å². The van der Waals surface area contributed by atoms with E-state index in [0.29, 0.717) is 13.0 Å². The minimum absolute atomic E-state index is 0.276. The van der Waals surface area contributed by atoms with Crippen molar-refractivity contribution >= 4 is 0 Å². The number of imidazole rings is 1. The van der Waals surface area contributed by atoms with Gasteiger partial charge in [-0.25, -0.2) is 9.78 Å². The van der Waals surface area contributed by atoms with Crippen LogP contribution in [-0.4, -0.2) is 18.7 Å². The van der Waals surface area contributed by atoms with Crippen molar-refractivity contribution in [2.24, 2.45) is 14.1 Å². The lowest BCUT2D eigenvalue weighted by molar-refractivity contribution is 0.572. The summed E-state index contributed by atoms with van der Waals surface area (Å²) in [5.41, 5.74) is -0.575. The molecule has 0 aliphatic heterocycles. The van der Waals surface area contributed by atoms with Gasteiger partial charge < -0.3 is 9.13 Å². The molecule has 6 nitrogen and oxygen atoms in total. The van der Waals surface area contributed by atoms with Gasteiger partial charge in [-0.15, -0.1) is 0 Å². The van der Waals surface area contributed by atoms with Crippen LogP contribution in [0.2, 0.25) is 0 Å². The van der Waals surface area contributed by atoms with Crippen LogP contribution < -0.4 is 11.2 Å². The van der Waals surface area contributed by atoms with Crippen LogP contribution in [0.5, 0.6) is 0 Å². The third-order valence-electron chi connectivity index (χ3n) is 2.72. The Balaban J connectivity index is 2.26. The maximum absolute atomic E-state index is 11.7. The van der Waals surface area contributed by atoms with Gasteiger partial charge in [-0.2, -0.15) is 0 Å². The Morgan fingerprint density at radius 1 is 1.18 bits per heavy atom. The average Bonchev–Trinajstić information content (AvgIpc) is 2.70. The fraction of sp³-hybridized carbons (Fsp3) is 0.364. The number of aromatic nitrogens is 4. The molecule has 0 amide bonds. The van der Waals surface area contributed by atoms with Crippen molar-refractivity contribution < 1.29 is 0 Å². The molecular weight excluding hydrogens is 220 g/mol. The molecule has 0 bridgehead atoms. The van der Waals surface area contributed by atoms with Crippen LogP contribution in [0.25, 0.3) is 0 Å². The highest BCUT2D eigenvalue weighted by atomic mass is 16.2. The first-order valence-electron chi connectivity index (χ1n) is 5.32. The molecule has 2 aromatic rings. The molecule has 2 heterocycles. The van der Waals surface area contributed by atoms with Crippen molar-refractivity contribution in [2.75, 3.05) is 0 Å². The minimum Gasteiger partial charge on any atom is -0.338 e. The molecule has 0 N–H and O–H groups in total. The van der Waals surface area contributed by atoms with Crippen molar-refractivity contribution in [3.05, 3.63) is 51.3 Å². The predicted octanol–water partition coefficient (Wildman–Crippen LogP) is -0.477. The first kappa shape index (κ1) is 11.4. The Labute approximate surface area is 97.8 Å². The largest absolute Gasteiger partial charge is 0.338 e. The van der Waals surface area contributed by atoms with Gasteiger partial charge in [0.1, 0.15) is 5.82 Å². The third kappa shape index (κ3) is 2.20. The zero-order valence-corrected chi connectivity index (χ0v) is 9.83. The lowest BCUT2D eigenvalue weighted by Crippen LogP contribution is -2.38. The van der Waals surface area contributed by atoms with Gasteiger partial charge in [-0.1, -0.05) is 0 Å². The highest BCUT2D eigenvalue weighted by Gasteiger charge is 2.05. The fourth-order valence-corrected chi connectivity index (χ4v) is 1.67. The Hall–Kier alpha value is -2.11. The lowest BCUT2D eigenvalue weighted by atomic mass is 10.4. The molecule has 0 unspecified atom stereocenters. The van der Waals surface area contributed by atoms with Crippen LogP contribution in [0.1, 0.15) is 5.82 Å². The number of rotatable bonds is 3. The SMILES string of the molecule is Cn1ccnc1CCn1c(=O)ccn(C)c1=O. The zero-order chi connectivity index (χ0) is 12.4. The Morgan fingerprint density at radius 2 is 1.94 bits per heavy atom. The Bertz CT molecular complexity index is 635. The lowest BCUT2D eigenvalue weighted by Gasteiger charge is -2.06. The normalized spacial score (nSPS) is 10.7. The summed E-state index contributed by atoms with van der Waals surface area (Å²) in [6.45, 7) is 0.344. The number of aryl methyl sites for hydroxylation is 3. The number of hydrogen-bond donors (Lipinski definition) is 0. The maximum Gasteiger partial charge on any atom is 0.330 e. The van der Waals surface area contributed by atoms with Gasteiger partial charge in [-0.3, -0.25) is 9.36 Å². The topological polar surface area (TPSA) is 61.8 Å². The Morgan fingerprint density at radius 3 is 2.59 bits per heavy atom. The molecule has 2 aromatic heterocycles. The second-order valence-electron chi connectivity index (χ2n) is 3.90. The second kappa shape index (κ2) is 4.40. The summed E-state index contributed by atoms with van der Waals surface area (Å²) in [5, 5.41) is 0. The monoisotopic (exact) mass is 234 g/mol. The van der Waals surface area contributed by atoms with Gasteiger partial charge in [0.2, 0.25) is 0 Å². The zero-order valence-electron chi connectivity index (χ0n) is 9.83. The molecule has 90 valence electrons. The molecule has 0 atom stereocenters. The third-order valence-corrected chi connectivity index (χ3v) is 2.72. The summed E-state index contributed by atoms with van der Waals surface area (Å²) >= 11 is 0. The predicted molar refractivity (Wildman–Crippen MR) is 62.9 cm³/mol. The molecule has 0 saturated heterocycles. The molecule has 0 aliphatic rings. The van der Waals surface area contributed by atoms with E-state index in [1.165, 1.54) is 21.4 Å². The highest BCUT2D eigenvalue weighted by Crippen LogP contribution is 1.95. The molecular formula is C11H14N4O2. The molecule has 0 spiro atoms. The van der Waals surface area contributed by atoms with Gasteiger partial charge in [-0.05, 0) is 0 Å². The molecule has 0 saturated carbocycles. The van der Waals surface area contributed by atoms with E-state index in [0.717, 1.165) is 5.82 Å². The van der Waals surface area contributed by atoms with E-state index in [2.05, 4.69) is 4.98 Å². The van der Waals surface area contributed by atoms with Crippen molar-refractivity contribution in [1.82, 2.24) is 18.7 Å². The van der Waals surface area contributed by atoms with Gasteiger partial charge in [0.05, 0.1) is 0 Å². The molecule has 0 fully saturated rings. The van der Waals surface area contributed by atoms with E-state index >= 15 is 0 Å². The minimum atomic E-state index is -0.299. The molecule has 0 radical (unpaired) electrons. The van der Waals surface area contributed by atoms with Crippen molar-refractivity contribution in [2.45, 2.75) is 13.0 Å². The maximum atomic E-state index is 11.7. The van der Waals surface area contributed by atoms with Gasteiger partial charge in [0.25, 0.3) is 5.56 Å². The van der Waals surface area contributed by atoms with Gasteiger partial charge >= 0.3 is 5.69 Å². The second-order valence-corrected chi connectivity index (χ2v) is 3.90. The van der Waals surface area contributed by atoms with Crippen molar-refractivity contribution in [3.63, 3.8) is 0 Å². The van der Waals surface area contributed by atoms with Crippen LogP contribution in [0.4, 0.5) is 0 Å². The van der Waals surface area contributed by atoms with E-state index in [1.54, 1.807) is 13.2 Å². The van der Waals surface area contributed by atoms with Gasteiger partial charge in [0, 0.05) is 51.7 Å². The van der Waals surface area contributed by atoms with Crippen molar-refractivity contribution in [3.8, 4) is 0 Å². The molecule has 2 rings (SSSR count). The van der Waals surface area contributed by atoms with Crippen LogP contribution in [-0.2, 0) is 27.1 Å². The summed E-state index contributed by atoms with van der Waals surface area (Å²) in [6.07, 6.45) is 5.56.